The van der Waals surface area contributed by atoms with Crippen LogP contribution in [0.3, 0.4) is 0 Å². The Morgan fingerprint density at radius 2 is 1.45 bits per heavy atom. The highest BCUT2D eigenvalue weighted by Crippen LogP contribution is 2.60. The first-order valence-electron chi connectivity index (χ1n) is 37.3. The van der Waals surface area contributed by atoms with Crippen molar-refractivity contribution in [2.75, 3.05) is 11.5 Å². The van der Waals surface area contributed by atoms with Gasteiger partial charge in [0.1, 0.15) is 0 Å². The molecule has 0 saturated carbocycles. The highest BCUT2D eigenvalue weighted by atomic mass is 16.5. The first-order valence-corrected chi connectivity index (χ1v) is 37.3. The van der Waals surface area contributed by atoms with Crippen molar-refractivity contribution in [1.82, 2.24) is 4.57 Å². The second-order valence-corrected chi connectivity index (χ2v) is 31.4. The molecule has 16 rings (SSSR count). The van der Waals surface area contributed by atoms with Gasteiger partial charge in [-0.1, -0.05) is 217 Å². The molecular weight excluding hydrogens is 1190 g/mol. The van der Waals surface area contributed by atoms with E-state index in [0.717, 1.165) is 108 Å². The van der Waals surface area contributed by atoms with E-state index in [1.54, 1.807) is 16.7 Å². The summed E-state index contributed by atoms with van der Waals surface area (Å²) in [6.07, 6.45) is 60.3. The van der Waals surface area contributed by atoms with Crippen LogP contribution < -0.4 is 15.5 Å². The number of aromatic nitrogens is 1. The van der Waals surface area contributed by atoms with E-state index in [4.69, 9.17) is 4.74 Å². The minimum absolute atomic E-state index is 0.0261. The summed E-state index contributed by atoms with van der Waals surface area (Å²) in [6, 6.07) is 45.2. The molecule has 5 aromatic carbocycles. The van der Waals surface area contributed by atoms with Gasteiger partial charge in [-0.2, -0.15) is 0 Å². The number of rotatable bonds is 17. The standard InChI is InChI=1S/C95H98N2O/c1-9-63-22-28-68(29-23-63)70-38-54-91-85(58-70)86-59-71(39-55-92(86)97(91)78-42-24-64(10-2)25-43-78)73-37-52-83-82-51-36-72(60-88(82)94(7,8)89(83)61-73)69-34-46-77(47-35-69)96(76-44-32-67(33-45-76)66-30-40-74(41-31-66)93(4,5)6)79-48-53-84-81-20-15-16-21-87(81)95(90(84)62-79,75-18-13-12-14-19-75)56-17-57-98-80-49-26-65(11-3)27-50-80/h9-14,16,18-19,21,24-25,28,30,32-35,37,39-44,46-49,52-55,58-60,62-63,65-66,70,76,89H,1-3,15,17,20,22-23,26-27,29,31,36,38,45,50-51,56-57,61H2,4-8H3. The van der Waals surface area contributed by atoms with E-state index in [2.05, 4.69) is 282 Å². The number of hydrogen-bond donors (Lipinski definition) is 0. The van der Waals surface area contributed by atoms with Crippen molar-refractivity contribution in [3.8, 4) is 5.69 Å². The second-order valence-electron chi connectivity index (χ2n) is 31.4. The monoisotopic (exact) mass is 1280 g/mol. The maximum absolute atomic E-state index is 6.64. The Kier molecular flexibility index (Phi) is 17.0. The Bertz CT molecular complexity index is 4760. The molecule has 0 radical (unpaired) electrons. The fourth-order valence-corrected chi connectivity index (χ4v) is 18.9. The van der Waals surface area contributed by atoms with E-state index >= 15 is 0 Å². The molecule has 3 heteroatoms. The third-order valence-corrected chi connectivity index (χ3v) is 24.5. The molecule has 98 heavy (non-hydrogen) atoms. The van der Waals surface area contributed by atoms with Gasteiger partial charge >= 0.3 is 0 Å². The number of fused-ring (bicyclic) bond motifs is 7. The molecule has 0 bridgehead atoms. The first-order chi connectivity index (χ1) is 47.8. The normalized spacial score (nSPS) is 25.2. The van der Waals surface area contributed by atoms with Gasteiger partial charge in [0.25, 0.3) is 0 Å². The van der Waals surface area contributed by atoms with Gasteiger partial charge in [0.15, 0.2) is 0 Å². The molecule has 0 spiro atoms. The molecule has 0 fully saturated rings. The SMILES string of the molecule is C=Cc1ccc(-n2c3c(c4cc(C5=CC=C6C7=C(C=C(c8ccc(N(c9ccc%10c(c9)C(CCCOC9=CCC(C=C)CC9)(c9ccccc9)C9=C%10CCC=C9)C9C=CC(C%10C=CC(C(C)(C)C)=CC%10)=CC9)cc8)CC7)C(C)(C)C6C5)ccc42)=CC(C2=CCC(C=C)CC2)CC=3)cc1. The molecule has 0 aliphatic heterocycles. The van der Waals surface area contributed by atoms with Crippen LogP contribution in [0.4, 0.5) is 11.4 Å². The van der Waals surface area contributed by atoms with Gasteiger partial charge in [-0.15, -0.1) is 13.2 Å². The average Bonchev–Trinajstić information content (AvgIpc) is 1.60. The summed E-state index contributed by atoms with van der Waals surface area (Å²) in [4.78, 5) is 2.67. The zero-order valence-corrected chi connectivity index (χ0v) is 58.8. The Morgan fingerprint density at radius 1 is 0.663 bits per heavy atom. The lowest BCUT2D eigenvalue weighted by molar-refractivity contribution is 0.182. The van der Waals surface area contributed by atoms with Crippen LogP contribution in [0.2, 0.25) is 0 Å². The molecule has 0 N–H and O–H groups in total. The number of benzene rings is 5. The summed E-state index contributed by atoms with van der Waals surface area (Å²) in [5.74, 6) is 3.53. The van der Waals surface area contributed by atoms with Crippen molar-refractivity contribution < 1.29 is 4.74 Å². The summed E-state index contributed by atoms with van der Waals surface area (Å²) in [5.41, 5.74) is 27.8. The molecule has 3 nitrogen and oxygen atoms in total. The molecule has 0 amide bonds. The van der Waals surface area contributed by atoms with Crippen molar-refractivity contribution >= 4 is 57.2 Å². The van der Waals surface area contributed by atoms with Crippen molar-refractivity contribution in [3.63, 3.8) is 0 Å². The van der Waals surface area contributed by atoms with Crippen molar-refractivity contribution in [2.45, 2.75) is 149 Å². The quantitative estimate of drug-likeness (QED) is 0.0669. The molecule has 7 atom stereocenters. The lowest BCUT2D eigenvalue weighted by atomic mass is 9.68. The topological polar surface area (TPSA) is 17.4 Å². The lowest BCUT2D eigenvalue weighted by Gasteiger charge is -2.37. The Balaban J connectivity index is 0.712. The maximum Gasteiger partial charge on any atom is 0.0920 e. The van der Waals surface area contributed by atoms with Gasteiger partial charge in [0, 0.05) is 56.7 Å². The van der Waals surface area contributed by atoms with Crippen LogP contribution in [0, 0.1) is 40.4 Å². The van der Waals surface area contributed by atoms with Gasteiger partial charge in [0.2, 0.25) is 0 Å². The van der Waals surface area contributed by atoms with Crippen LogP contribution in [0.15, 0.2) is 271 Å². The van der Waals surface area contributed by atoms with Gasteiger partial charge < -0.3 is 14.2 Å². The predicted octanol–water partition coefficient (Wildman–Crippen LogP) is 23.3. The van der Waals surface area contributed by atoms with Crippen LogP contribution in [0.1, 0.15) is 171 Å². The zero-order valence-electron chi connectivity index (χ0n) is 58.8. The summed E-state index contributed by atoms with van der Waals surface area (Å²) in [7, 11) is 0. The predicted molar refractivity (Wildman–Crippen MR) is 416 cm³/mol. The van der Waals surface area contributed by atoms with Crippen LogP contribution >= 0.6 is 0 Å². The molecule has 10 aliphatic rings. The first kappa shape index (κ1) is 63.8. The van der Waals surface area contributed by atoms with Crippen LogP contribution in [0.25, 0.3) is 51.5 Å². The third kappa shape index (κ3) is 11.5. The van der Waals surface area contributed by atoms with Crippen LogP contribution in [0.5, 0.6) is 0 Å². The number of nitrogens with zero attached hydrogens (tertiary/aromatic N) is 2. The summed E-state index contributed by atoms with van der Waals surface area (Å²) < 4.78 is 9.15. The summed E-state index contributed by atoms with van der Waals surface area (Å²) in [6.45, 7) is 25.0. The van der Waals surface area contributed by atoms with Gasteiger partial charge in [-0.25, -0.2) is 0 Å². The van der Waals surface area contributed by atoms with Gasteiger partial charge in [-0.3, -0.25) is 0 Å². The van der Waals surface area contributed by atoms with E-state index in [1.165, 1.54) is 112 Å². The zero-order chi connectivity index (χ0) is 66.9. The third-order valence-electron chi connectivity index (χ3n) is 24.5. The van der Waals surface area contributed by atoms with E-state index in [0.29, 0.717) is 36.2 Å². The summed E-state index contributed by atoms with van der Waals surface area (Å²) in [5, 5.41) is 4.05. The van der Waals surface area contributed by atoms with Crippen molar-refractivity contribution in [1.29, 1.82) is 0 Å². The Labute approximate surface area is 584 Å². The van der Waals surface area contributed by atoms with Gasteiger partial charge in [-0.05, 0) is 263 Å². The maximum atomic E-state index is 6.64. The number of allylic oxidation sites excluding steroid dienone is 24. The fraction of sp³-hybridized carbons (Fsp3) is 0.326. The molecular formula is C95H98N2O. The smallest absolute Gasteiger partial charge is 0.0920 e. The van der Waals surface area contributed by atoms with E-state index in [1.807, 2.05) is 6.08 Å². The molecule has 1 heterocycles. The highest BCUT2D eigenvalue weighted by Gasteiger charge is 2.48. The largest absolute Gasteiger partial charge is 0.498 e. The molecule has 494 valence electrons. The van der Waals surface area contributed by atoms with Crippen molar-refractivity contribution in [3.05, 3.63) is 315 Å². The van der Waals surface area contributed by atoms with Crippen molar-refractivity contribution in [2.24, 2.45) is 40.4 Å². The van der Waals surface area contributed by atoms with E-state index < -0.39 is 0 Å². The Morgan fingerprint density at radius 3 is 2.17 bits per heavy atom. The molecule has 10 aliphatic carbocycles. The minimum atomic E-state index is -0.304. The average molecular weight is 1280 g/mol. The molecule has 1 aromatic heterocycles. The molecule has 0 saturated heterocycles. The van der Waals surface area contributed by atoms with E-state index in [9.17, 15) is 0 Å². The number of ether oxygens (including phenoxy) is 1. The second kappa shape index (κ2) is 26.1. The fourth-order valence-electron chi connectivity index (χ4n) is 18.9. The molecule has 7 unspecified atom stereocenters. The Hall–Kier alpha value is -8.92. The lowest BCUT2D eigenvalue weighted by Crippen LogP contribution is -2.32. The van der Waals surface area contributed by atoms with E-state index in [-0.39, 0.29) is 22.3 Å². The van der Waals surface area contributed by atoms with Crippen LogP contribution in [-0.2, 0) is 10.2 Å². The minimum Gasteiger partial charge on any atom is -0.498 e. The highest BCUT2D eigenvalue weighted by molar-refractivity contribution is 5.90. The molecule has 6 aromatic rings. The number of anilines is 2. The van der Waals surface area contributed by atoms with Gasteiger partial charge in [0.05, 0.1) is 23.9 Å². The number of hydrogen-bond acceptors (Lipinski definition) is 2. The van der Waals surface area contributed by atoms with Crippen LogP contribution in [-0.4, -0.2) is 17.2 Å². The summed E-state index contributed by atoms with van der Waals surface area (Å²) >= 11 is 0.